The molecule has 0 radical (unpaired) electrons. The summed E-state index contributed by atoms with van der Waals surface area (Å²) in [7, 11) is 1.67. The molecule has 0 aliphatic heterocycles. The van der Waals surface area contributed by atoms with E-state index in [0.717, 1.165) is 36.3 Å². The van der Waals surface area contributed by atoms with Gasteiger partial charge < -0.3 is 15.4 Å². The first-order chi connectivity index (χ1) is 12.5. The first kappa shape index (κ1) is 24.4. The molecule has 1 aromatic heterocycles. The first-order valence-electron chi connectivity index (χ1n) is 9.07. The van der Waals surface area contributed by atoms with E-state index in [-0.39, 0.29) is 24.0 Å². The van der Waals surface area contributed by atoms with Gasteiger partial charge in [0, 0.05) is 38.5 Å². The summed E-state index contributed by atoms with van der Waals surface area (Å²) in [5, 5.41) is 7.78. The fourth-order valence-electron chi connectivity index (χ4n) is 2.83. The van der Waals surface area contributed by atoms with Gasteiger partial charge in [0.05, 0.1) is 11.1 Å². The number of rotatable bonds is 8. The van der Waals surface area contributed by atoms with E-state index in [1.54, 1.807) is 7.05 Å². The van der Waals surface area contributed by atoms with Crippen LogP contribution in [0.4, 0.5) is 13.2 Å². The normalized spacial score (nSPS) is 16.1. The molecule has 0 saturated heterocycles. The third kappa shape index (κ3) is 9.42. The molecule has 27 heavy (non-hydrogen) atoms. The average molecular weight is 520 g/mol. The molecule has 1 heterocycles. The van der Waals surface area contributed by atoms with Gasteiger partial charge in [0.2, 0.25) is 0 Å². The van der Waals surface area contributed by atoms with Crippen LogP contribution in [0.15, 0.2) is 10.4 Å². The SMILES string of the molecule is CN=C(NCCCOC1CCCCC1)NCCc1nc(C(F)(F)F)cs1.I. The van der Waals surface area contributed by atoms with Gasteiger partial charge in [-0.25, -0.2) is 4.98 Å². The van der Waals surface area contributed by atoms with Crippen molar-refractivity contribution in [1.82, 2.24) is 15.6 Å². The van der Waals surface area contributed by atoms with Crippen LogP contribution >= 0.6 is 35.3 Å². The minimum atomic E-state index is -4.38. The highest BCUT2D eigenvalue weighted by Crippen LogP contribution is 2.30. The third-order valence-electron chi connectivity index (χ3n) is 4.22. The van der Waals surface area contributed by atoms with Gasteiger partial charge in [0.1, 0.15) is 0 Å². The maximum absolute atomic E-state index is 12.5. The second-order valence-electron chi connectivity index (χ2n) is 6.28. The number of guanidine groups is 1. The van der Waals surface area contributed by atoms with Crippen LogP contribution in [0.25, 0.3) is 0 Å². The monoisotopic (exact) mass is 520 g/mol. The molecule has 1 aromatic rings. The topological polar surface area (TPSA) is 58.5 Å². The Morgan fingerprint density at radius 1 is 1.26 bits per heavy atom. The van der Waals surface area contributed by atoms with E-state index in [0.29, 0.717) is 30.0 Å². The molecule has 1 aliphatic carbocycles. The molecule has 10 heteroatoms. The summed E-state index contributed by atoms with van der Waals surface area (Å²) >= 11 is 1.03. The largest absolute Gasteiger partial charge is 0.434 e. The standard InChI is InChI=1S/C17H27F3N4OS.HI/c1-21-16(22-9-5-11-25-13-6-3-2-4-7-13)23-10-8-15-24-14(12-26-15)17(18,19)20;/h12-13H,2-11H2,1H3,(H2,21,22,23);1H. The van der Waals surface area contributed by atoms with Gasteiger partial charge in [-0.15, -0.1) is 35.3 Å². The van der Waals surface area contributed by atoms with Crippen molar-refractivity contribution < 1.29 is 17.9 Å². The minimum Gasteiger partial charge on any atom is -0.378 e. The maximum Gasteiger partial charge on any atom is 0.434 e. The number of alkyl halides is 3. The lowest BCUT2D eigenvalue weighted by molar-refractivity contribution is -0.140. The van der Waals surface area contributed by atoms with Crippen LogP contribution in [0.3, 0.4) is 0 Å². The molecule has 1 saturated carbocycles. The van der Waals surface area contributed by atoms with Crippen LogP contribution in [0.2, 0.25) is 0 Å². The van der Waals surface area contributed by atoms with E-state index in [9.17, 15) is 13.2 Å². The zero-order valence-corrected chi connectivity index (χ0v) is 18.6. The summed E-state index contributed by atoms with van der Waals surface area (Å²) in [5.74, 6) is 0.635. The van der Waals surface area contributed by atoms with Gasteiger partial charge in [-0.1, -0.05) is 19.3 Å². The fraction of sp³-hybridized carbons (Fsp3) is 0.765. The predicted octanol–water partition coefficient (Wildman–Crippen LogP) is 4.23. The molecular formula is C17H28F3IN4OS. The molecule has 2 rings (SSSR count). The quantitative estimate of drug-likeness (QED) is 0.233. The molecule has 0 atom stereocenters. The van der Waals surface area contributed by atoms with Crippen molar-refractivity contribution in [2.75, 3.05) is 26.7 Å². The number of nitrogens with one attached hydrogen (secondary N) is 2. The molecule has 0 spiro atoms. The summed E-state index contributed by atoms with van der Waals surface area (Å²) in [6.45, 7) is 1.94. The van der Waals surface area contributed by atoms with Crippen LogP contribution in [-0.4, -0.2) is 43.8 Å². The number of aromatic nitrogens is 1. The smallest absolute Gasteiger partial charge is 0.378 e. The summed E-state index contributed by atoms with van der Waals surface area (Å²) in [6.07, 6.45) is 3.55. The van der Waals surface area contributed by atoms with Crippen LogP contribution in [0, 0.1) is 0 Å². The van der Waals surface area contributed by atoms with E-state index >= 15 is 0 Å². The molecule has 0 bridgehead atoms. The lowest BCUT2D eigenvalue weighted by Crippen LogP contribution is -2.39. The Balaban J connectivity index is 0.00000364. The highest BCUT2D eigenvalue weighted by molar-refractivity contribution is 14.0. The van der Waals surface area contributed by atoms with Crippen LogP contribution in [0.5, 0.6) is 0 Å². The minimum absolute atomic E-state index is 0. The summed E-state index contributed by atoms with van der Waals surface area (Å²) in [6, 6.07) is 0. The first-order valence-corrected chi connectivity index (χ1v) is 9.94. The number of aliphatic imine (C=N–C) groups is 1. The number of nitrogens with zero attached hydrogens (tertiary/aromatic N) is 2. The van der Waals surface area contributed by atoms with Gasteiger partial charge in [-0.05, 0) is 19.3 Å². The van der Waals surface area contributed by atoms with Gasteiger partial charge in [-0.3, -0.25) is 4.99 Å². The Hall–Kier alpha value is -0.620. The summed E-state index contributed by atoms with van der Waals surface area (Å²) < 4.78 is 43.4. The molecule has 2 N–H and O–H groups in total. The zero-order valence-electron chi connectivity index (χ0n) is 15.5. The molecule has 0 aromatic carbocycles. The van der Waals surface area contributed by atoms with E-state index in [4.69, 9.17) is 4.74 Å². The Morgan fingerprint density at radius 3 is 2.59 bits per heavy atom. The van der Waals surface area contributed by atoms with Crippen molar-refractivity contribution in [3.63, 3.8) is 0 Å². The second-order valence-corrected chi connectivity index (χ2v) is 7.23. The third-order valence-corrected chi connectivity index (χ3v) is 5.13. The van der Waals surface area contributed by atoms with Gasteiger partial charge in [0.15, 0.2) is 11.7 Å². The van der Waals surface area contributed by atoms with E-state index in [1.807, 2.05) is 0 Å². The molecule has 1 aliphatic rings. The number of ether oxygens (including phenoxy) is 1. The van der Waals surface area contributed by atoms with Crippen molar-refractivity contribution in [3.8, 4) is 0 Å². The van der Waals surface area contributed by atoms with Crippen molar-refractivity contribution in [3.05, 3.63) is 16.1 Å². The Kier molecular flexibility index (Phi) is 11.5. The molecule has 1 fully saturated rings. The van der Waals surface area contributed by atoms with Crippen molar-refractivity contribution in [2.45, 2.75) is 57.2 Å². The fourth-order valence-corrected chi connectivity index (χ4v) is 3.63. The van der Waals surface area contributed by atoms with Gasteiger partial charge in [0.25, 0.3) is 0 Å². The second kappa shape index (κ2) is 12.8. The van der Waals surface area contributed by atoms with Crippen molar-refractivity contribution in [2.24, 2.45) is 4.99 Å². The van der Waals surface area contributed by atoms with E-state index in [2.05, 4.69) is 20.6 Å². The van der Waals surface area contributed by atoms with Crippen molar-refractivity contribution in [1.29, 1.82) is 0 Å². The molecule has 5 nitrogen and oxygen atoms in total. The van der Waals surface area contributed by atoms with Gasteiger partial charge >= 0.3 is 6.18 Å². The number of hydrogen-bond acceptors (Lipinski definition) is 4. The summed E-state index contributed by atoms with van der Waals surface area (Å²) in [4.78, 5) is 7.72. The highest BCUT2D eigenvalue weighted by atomic mass is 127. The number of thiazole rings is 1. The Bertz CT molecular complexity index is 563. The van der Waals surface area contributed by atoms with Crippen LogP contribution in [-0.2, 0) is 17.3 Å². The highest BCUT2D eigenvalue weighted by Gasteiger charge is 2.33. The van der Waals surface area contributed by atoms with Crippen LogP contribution < -0.4 is 10.6 Å². The molecular weight excluding hydrogens is 492 g/mol. The zero-order chi connectivity index (χ0) is 18.8. The Morgan fingerprint density at radius 2 is 1.96 bits per heavy atom. The predicted molar refractivity (Wildman–Crippen MR) is 113 cm³/mol. The lowest BCUT2D eigenvalue weighted by atomic mass is 9.98. The van der Waals surface area contributed by atoms with E-state index in [1.165, 1.54) is 32.1 Å². The number of halogens is 4. The lowest BCUT2D eigenvalue weighted by Gasteiger charge is -2.22. The van der Waals surface area contributed by atoms with Crippen molar-refractivity contribution >= 4 is 41.3 Å². The molecule has 0 unspecified atom stereocenters. The Labute approximate surface area is 179 Å². The van der Waals surface area contributed by atoms with Crippen LogP contribution in [0.1, 0.15) is 49.2 Å². The molecule has 156 valence electrons. The van der Waals surface area contributed by atoms with Gasteiger partial charge in [-0.2, -0.15) is 13.2 Å². The molecule has 0 amide bonds. The summed E-state index contributed by atoms with van der Waals surface area (Å²) in [5.41, 5.74) is -0.821. The van der Waals surface area contributed by atoms with E-state index < -0.39 is 11.9 Å². The maximum atomic E-state index is 12.5. The average Bonchev–Trinajstić information content (AvgIpc) is 3.10. The number of hydrogen-bond donors (Lipinski definition) is 2.